The van der Waals surface area contributed by atoms with Crippen molar-refractivity contribution in [2.24, 2.45) is 17.9 Å². The number of rotatable bonds is 21. The van der Waals surface area contributed by atoms with Gasteiger partial charge in [-0.2, -0.15) is 14.0 Å². The number of carbonyl (C=O) groups excluding carboxylic acids is 3. The molecule has 2 unspecified atom stereocenters. The fourth-order valence-corrected chi connectivity index (χ4v) is 9.34. The number of hydrogen-bond donors (Lipinski definition) is 4. The molecule has 4 aromatic rings. The van der Waals surface area contributed by atoms with E-state index in [4.69, 9.17) is 25.5 Å². The van der Waals surface area contributed by atoms with Gasteiger partial charge in [-0.1, -0.05) is 54.0 Å². The van der Waals surface area contributed by atoms with E-state index < -0.39 is 71.6 Å². The first-order valence-corrected chi connectivity index (χ1v) is 29.0. The maximum Gasteiger partial charge on any atom is 0.349 e. The normalized spacial score (nSPS) is 15.8. The van der Waals surface area contributed by atoms with Crippen LogP contribution in [0.4, 0.5) is 16.5 Å². The summed E-state index contributed by atoms with van der Waals surface area (Å²) in [6.45, 7) is 20.8. The number of hydroxylamine groups is 2. The van der Waals surface area contributed by atoms with Crippen LogP contribution in [0.3, 0.4) is 0 Å². The van der Waals surface area contributed by atoms with Crippen molar-refractivity contribution in [3.8, 4) is 11.1 Å². The van der Waals surface area contributed by atoms with Gasteiger partial charge in [0.05, 0.1) is 36.9 Å². The number of aryl methyl sites for hydroxylation is 2. The Balaban J connectivity index is 0.000000376. The topological polar surface area (TPSA) is 290 Å². The van der Waals surface area contributed by atoms with E-state index in [1.165, 1.54) is 19.2 Å². The quantitative estimate of drug-likeness (QED) is 0.0127. The van der Waals surface area contributed by atoms with Crippen molar-refractivity contribution in [1.82, 2.24) is 20.0 Å². The average Bonchev–Trinajstić information content (AvgIpc) is 3.89. The number of carboxylic acid groups (broad SMARTS) is 1. The standard InChI is InChI=1S/C27H35N9O9S2.C20H34BrNO3Si/c1-27(2)22(24(38)36(27)45-47(41,42)43)31-23(37)21(19-15-46-26(29)30-19)32-44-20(25(39)40)14-33(3)18-8-6-16(7-9-18)17-12-34(4)35(13-17)11-5-10-28;1-19(2,3)24-18(23)17(25-26(8,9)20(4,5)6)14-22(7)16-12-10-15(21)11-13-16/h6-9,12-13,15,20,22H,5,10-11,14,28H2,1-4H3,(H4-,29,30,31,37,39,40,41,42,43);10-13,17H,14H2,1-9H3/t20?,22-;/m1./s1. The van der Waals surface area contributed by atoms with Gasteiger partial charge in [0.2, 0.25) is 22.7 Å². The summed E-state index contributed by atoms with van der Waals surface area (Å²) in [5.74, 6) is -3.70. The van der Waals surface area contributed by atoms with Gasteiger partial charge in [-0.25, -0.2) is 23.0 Å². The highest BCUT2D eigenvalue weighted by Gasteiger charge is 2.57. The van der Waals surface area contributed by atoms with Crippen molar-refractivity contribution in [2.45, 2.75) is 116 Å². The Bertz CT molecular complexity index is 2710. The summed E-state index contributed by atoms with van der Waals surface area (Å²) < 4.78 is 54.3. The highest BCUT2D eigenvalue weighted by molar-refractivity contribution is 9.10. The predicted octanol–water partition coefficient (Wildman–Crippen LogP) is 4.79. The number of nitrogen functional groups attached to an aromatic ring is 1. The highest BCUT2D eigenvalue weighted by atomic mass is 79.9. The van der Waals surface area contributed by atoms with Gasteiger partial charge in [0.15, 0.2) is 32.3 Å². The number of nitrogens with one attached hydrogen (secondary N) is 1. The minimum atomic E-state index is -5.26. The van der Waals surface area contributed by atoms with Gasteiger partial charge >= 0.3 is 11.9 Å². The van der Waals surface area contributed by atoms with E-state index in [1.54, 1.807) is 11.9 Å². The summed E-state index contributed by atoms with van der Waals surface area (Å²) in [6.07, 6.45) is 2.68. The molecule has 3 atom stereocenters. The van der Waals surface area contributed by atoms with Gasteiger partial charge in [-0.05, 0) is 108 Å². The minimum absolute atomic E-state index is 0.0173. The largest absolute Gasteiger partial charge is 0.724 e. The van der Waals surface area contributed by atoms with Gasteiger partial charge < -0.3 is 50.2 Å². The second kappa shape index (κ2) is 24.2. The highest BCUT2D eigenvalue weighted by Crippen LogP contribution is 2.38. The number of nitrogens with zero attached hydrogens (tertiary/aromatic N) is 7. The van der Waals surface area contributed by atoms with E-state index in [-0.39, 0.29) is 28.4 Å². The molecule has 0 radical (unpaired) electrons. The van der Waals surface area contributed by atoms with Crippen LogP contribution in [-0.2, 0) is 61.5 Å². The zero-order chi connectivity index (χ0) is 55.0. The van der Waals surface area contributed by atoms with E-state index in [1.807, 2.05) is 105 Å². The van der Waals surface area contributed by atoms with Gasteiger partial charge in [-0.15, -0.1) is 16.0 Å². The lowest BCUT2D eigenvalue weighted by Gasteiger charge is -2.51. The third kappa shape index (κ3) is 16.8. The number of aromatic nitrogens is 3. The molecular weight excluding hydrogens is 1070 g/mol. The van der Waals surface area contributed by atoms with Crippen LogP contribution in [-0.4, -0.2) is 134 Å². The van der Waals surface area contributed by atoms with Gasteiger partial charge in [0.25, 0.3) is 11.8 Å². The molecule has 3 heterocycles. The fourth-order valence-electron chi connectivity index (χ4n) is 6.85. The number of likely N-dealkylation sites (N-methyl/N-ethyl adjacent to an activating group) is 2. The second-order valence-electron chi connectivity index (χ2n) is 20.4. The smallest absolute Gasteiger partial charge is 0.349 e. The number of halogens is 1. The van der Waals surface area contributed by atoms with Crippen LogP contribution in [0.2, 0.25) is 18.1 Å². The molecule has 1 fully saturated rings. The average molecular weight is 1140 g/mol. The van der Waals surface area contributed by atoms with E-state index >= 15 is 0 Å². The molecule has 0 aliphatic carbocycles. The number of oxime groups is 1. The van der Waals surface area contributed by atoms with Crippen molar-refractivity contribution >= 4 is 92.0 Å². The molecule has 2 aromatic carbocycles. The van der Waals surface area contributed by atoms with Crippen LogP contribution in [0.25, 0.3) is 11.1 Å². The van der Waals surface area contributed by atoms with Crippen LogP contribution in [0.15, 0.2) is 75.9 Å². The summed E-state index contributed by atoms with van der Waals surface area (Å²) >= 11 is 4.42. The Kier molecular flexibility index (Phi) is 20.0. The first-order chi connectivity index (χ1) is 33.6. The molecule has 6 N–H and O–H groups in total. The number of esters is 1. The number of ether oxygens (including phenoxy) is 1. The fraction of sp³-hybridized carbons (Fsp3) is 0.511. The second-order valence-corrected chi connectivity index (χ2v) is 27.9. The molecule has 2 aromatic heterocycles. The molecule has 0 bridgehead atoms. The lowest BCUT2D eigenvalue weighted by Crippen LogP contribution is -2.76. The Hall–Kier alpha value is -5.48. The Morgan fingerprint density at radius 1 is 1.01 bits per heavy atom. The van der Waals surface area contributed by atoms with Gasteiger partial charge in [0.1, 0.15) is 17.3 Å². The summed E-state index contributed by atoms with van der Waals surface area (Å²) in [5.41, 5.74) is 12.4. The number of anilines is 3. The predicted molar refractivity (Wildman–Crippen MR) is 283 cm³/mol. The van der Waals surface area contributed by atoms with E-state index in [0.717, 1.165) is 45.6 Å². The van der Waals surface area contributed by atoms with Crippen molar-refractivity contribution in [3.63, 3.8) is 0 Å². The van der Waals surface area contributed by atoms with Crippen molar-refractivity contribution in [3.05, 3.63) is 76.5 Å². The number of carboxylic acids is 1. The monoisotopic (exact) mass is 1140 g/mol. The summed E-state index contributed by atoms with van der Waals surface area (Å²) in [5, 5.41) is 17.8. The van der Waals surface area contributed by atoms with Crippen LogP contribution in [0.5, 0.6) is 0 Å². The first kappa shape index (κ1) is 60.1. The molecule has 0 spiro atoms. The summed E-state index contributed by atoms with van der Waals surface area (Å²) in [4.78, 5) is 63.8. The minimum Gasteiger partial charge on any atom is -0.724 e. The molecule has 1 saturated heterocycles. The van der Waals surface area contributed by atoms with Gasteiger partial charge in [-0.3, -0.25) is 9.59 Å². The molecule has 5 rings (SSSR count). The van der Waals surface area contributed by atoms with Crippen LogP contribution in [0.1, 0.15) is 67.5 Å². The van der Waals surface area contributed by atoms with Crippen molar-refractivity contribution in [1.29, 1.82) is 0 Å². The maximum atomic E-state index is 13.3. The molecule has 1 aliphatic rings. The zero-order valence-electron chi connectivity index (χ0n) is 43.5. The lowest BCUT2D eigenvalue weighted by atomic mass is 9.84. The number of hydrogen-bond acceptors (Lipinski definition) is 18. The van der Waals surface area contributed by atoms with Crippen molar-refractivity contribution < 1.29 is 60.2 Å². The third-order valence-electron chi connectivity index (χ3n) is 12.0. The molecule has 26 heteroatoms. The van der Waals surface area contributed by atoms with Crippen LogP contribution >= 0.6 is 27.3 Å². The molecule has 2 amide bonds. The van der Waals surface area contributed by atoms with Crippen LogP contribution in [0, 0.1) is 0 Å². The molecule has 22 nitrogen and oxygen atoms in total. The number of nitrogens with two attached hydrogens (primary N) is 2. The zero-order valence-corrected chi connectivity index (χ0v) is 47.8. The molecule has 73 heavy (non-hydrogen) atoms. The first-order valence-electron chi connectivity index (χ1n) is 23.1. The van der Waals surface area contributed by atoms with E-state index in [2.05, 4.69) is 74.2 Å². The molecular formula is C47H69BrN10O12S2Si. The van der Waals surface area contributed by atoms with Crippen molar-refractivity contribution in [2.75, 3.05) is 49.3 Å². The maximum absolute atomic E-state index is 13.3. The number of aliphatic carboxylic acids is 1. The SMILES string of the molecule is CN(CC(ON=C(C(=O)N[C@@H]1C(=O)N(OS(=O)(=O)[O-])C1(C)C)c1csc(N)n1)C(=O)O)c1ccc(-c2cn(CCCN)[n+](C)c2)cc1.CN(CC(O[Si](C)(C)C(C)(C)C)C(=O)OC(C)(C)C)c1ccc(Br)cc1. The number of thiazole rings is 1. The molecule has 402 valence electrons. The van der Waals surface area contributed by atoms with Crippen LogP contribution < -0.4 is 31.3 Å². The molecule has 1 aliphatic heterocycles. The Morgan fingerprint density at radius 3 is 2.05 bits per heavy atom. The Labute approximate surface area is 440 Å². The van der Waals surface area contributed by atoms with E-state index in [0.29, 0.717) is 23.8 Å². The Morgan fingerprint density at radius 2 is 1.58 bits per heavy atom. The number of carbonyl (C=O) groups is 4. The number of amides is 2. The number of benzene rings is 2. The lowest BCUT2D eigenvalue weighted by molar-refractivity contribution is -0.753. The van der Waals surface area contributed by atoms with Gasteiger partial charge in [0, 0.05) is 35.3 Å². The summed E-state index contributed by atoms with van der Waals surface area (Å²) in [6, 6.07) is 14.1. The third-order valence-corrected chi connectivity index (χ3v) is 18.0. The van der Waals surface area contributed by atoms with E-state index in [9.17, 15) is 37.3 Å². The number of β-lactam (4-membered cyclic amide) rings is 1. The summed E-state index contributed by atoms with van der Waals surface area (Å²) in [7, 11) is -1.81. The molecule has 0 saturated carbocycles.